The summed E-state index contributed by atoms with van der Waals surface area (Å²) in [5.41, 5.74) is 4.24. The number of aryl methyl sites for hydroxylation is 1. The van der Waals surface area contributed by atoms with Gasteiger partial charge in [0.1, 0.15) is 0 Å². The SMILES string of the molecule is CCOc1cc(C=NNC(=O)C(=O)Nc2ccc(C)c(Cl)c2)ccc1OC(=O)c1ccc(Cl)cc1. The van der Waals surface area contributed by atoms with Crippen LogP contribution in [0.4, 0.5) is 5.69 Å². The highest BCUT2D eigenvalue weighted by molar-refractivity contribution is 6.40. The van der Waals surface area contributed by atoms with Gasteiger partial charge in [0.15, 0.2) is 11.5 Å². The van der Waals surface area contributed by atoms with Crippen molar-refractivity contribution in [3.63, 3.8) is 0 Å². The predicted octanol–water partition coefficient (Wildman–Crippen LogP) is 5.01. The van der Waals surface area contributed by atoms with E-state index in [2.05, 4.69) is 15.8 Å². The van der Waals surface area contributed by atoms with E-state index in [4.69, 9.17) is 32.7 Å². The topological polar surface area (TPSA) is 106 Å². The Kier molecular flexibility index (Phi) is 8.83. The lowest BCUT2D eigenvalue weighted by Crippen LogP contribution is -2.32. The fraction of sp³-hybridized carbons (Fsp3) is 0.120. The molecule has 3 rings (SSSR count). The molecule has 3 aromatic rings. The van der Waals surface area contributed by atoms with E-state index in [9.17, 15) is 14.4 Å². The van der Waals surface area contributed by atoms with Crippen molar-refractivity contribution >= 4 is 52.9 Å². The number of hydrazone groups is 1. The van der Waals surface area contributed by atoms with Crippen LogP contribution < -0.4 is 20.2 Å². The average Bonchev–Trinajstić information content (AvgIpc) is 2.83. The highest BCUT2D eigenvalue weighted by Crippen LogP contribution is 2.29. The highest BCUT2D eigenvalue weighted by atomic mass is 35.5. The summed E-state index contributed by atoms with van der Waals surface area (Å²) in [5.74, 6) is -1.92. The van der Waals surface area contributed by atoms with Gasteiger partial charge in [-0.05, 0) is 79.6 Å². The van der Waals surface area contributed by atoms with Crippen LogP contribution in [0.15, 0.2) is 65.8 Å². The highest BCUT2D eigenvalue weighted by Gasteiger charge is 2.15. The molecule has 2 amide bonds. The fourth-order valence-electron chi connectivity index (χ4n) is 2.78. The van der Waals surface area contributed by atoms with E-state index in [1.165, 1.54) is 12.3 Å². The van der Waals surface area contributed by atoms with Crippen molar-refractivity contribution in [3.05, 3.63) is 87.4 Å². The van der Waals surface area contributed by atoms with E-state index in [-0.39, 0.29) is 5.75 Å². The van der Waals surface area contributed by atoms with Crippen LogP contribution in [0.2, 0.25) is 10.0 Å². The van der Waals surface area contributed by atoms with Crippen LogP contribution in [0, 0.1) is 6.92 Å². The number of carbonyl (C=O) groups is 3. The molecule has 0 bridgehead atoms. The van der Waals surface area contributed by atoms with Crippen LogP contribution >= 0.6 is 23.2 Å². The van der Waals surface area contributed by atoms with Gasteiger partial charge in [0.2, 0.25) is 0 Å². The summed E-state index contributed by atoms with van der Waals surface area (Å²) in [4.78, 5) is 36.5. The average molecular weight is 514 g/mol. The third kappa shape index (κ3) is 7.30. The number of hydrogen-bond donors (Lipinski definition) is 2. The lowest BCUT2D eigenvalue weighted by Gasteiger charge is -2.11. The van der Waals surface area contributed by atoms with Crippen LogP contribution in [-0.4, -0.2) is 30.6 Å². The van der Waals surface area contributed by atoms with E-state index in [1.54, 1.807) is 61.5 Å². The lowest BCUT2D eigenvalue weighted by molar-refractivity contribution is -0.136. The number of nitrogens with one attached hydrogen (secondary N) is 2. The minimum atomic E-state index is -0.962. The predicted molar refractivity (Wildman–Crippen MR) is 135 cm³/mol. The molecule has 0 heterocycles. The molecule has 0 saturated carbocycles. The quantitative estimate of drug-likeness (QED) is 0.152. The van der Waals surface area contributed by atoms with E-state index in [0.717, 1.165) is 5.56 Å². The first kappa shape index (κ1) is 25.7. The lowest BCUT2D eigenvalue weighted by atomic mass is 10.2. The second kappa shape index (κ2) is 12.0. The maximum absolute atomic E-state index is 12.4. The van der Waals surface area contributed by atoms with Gasteiger partial charge >= 0.3 is 17.8 Å². The monoisotopic (exact) mass is 513 g/mol. The molecule has 0 spiro atoms. The van der Waals surface area contributed by atoms with Gasteiger partial charge in [0.05, 0.1) is 18.4 Å². The number of hydrogen-bond acceptors (Lipinski definition) is 6. The zero-order valence-corrected chi connectivity index (χ0v) is 20.3. The first-order valence-corrected chi connectivity index (χ1v) is 11.2. The molecular weight excluding hydrogens is 493 g/mol. The maximum Gasteiger partial charge on any atom is 0.343 e. The zero-order chi connectivity index (χ0) is 25.4. The molecule has 10 heteroatoms. The number of rotatable bonds is 7. The second-order valence-corrected chi connectivity index (χ2v) is 8.00. The minimum absolute atomic E-state index is 0.212. The van der Waals surface area contributed by atoms with Crippen LogP contribution in [0.25, 0.3) is 0 Å². The van der Waals surface area contributed by atoms with E-state index < -0.39 is 17.8 Å². The van der Waals surface area contributed by atoms with Crippen LogP contribution in [0.1, 0.15) is 28.4 Å². The molecule has 0 radical (unpaired) electrons. The molecule has 180 valence electrons. The van der Waals surface area contributed by atoms with Crippen molar-refractivity contribution in [2.45, 2.75) is 13.8 Å². The Morgan fingerprint density at radius 2 is 1.69 bits per heavy atom. The smallest absolute Gasteiger partial charge is 0.343 e. The Hall–Kier alpha value is -3.88. The molecule has 2 N–H and O–H groups in total. The van der Waals surface area contributed by atoms with Gasteiger partial charge in [0.25, 0.3) is 0 Å². The minimum Gasteiger partial charge on any atom is -0.490 e. The molecule has 3 aromatic carbocycles. The molecule has 0 aromatic heterocycles. The summed E-state index contributed by atoms with van der Waals surface area (Å²) in [6.07, 6.45) is 1.32. The van der Waals surface area contributed by atoms with Crippen LogP contribution in [-0.2, 0) is 9.59 Å². The normalized spacial score (nSPS) is 10.6. The Balaban J connectivity index is 1.63. The van der Waals surface area contributed by atoms with Crippen molar-refractivity contribution in [1.29, 1.82) is 0 Å². The van der Waals surface area contributed by atoms with E-state index >= 15 is 0 Å². The zero-order valence-electron chi connectivity index (χ0n) is 18.8. The van der Waals surface area contributed by atoms with Crippen molar-refractivity contribution in [2.24, 2.45) is 5.10 Å². The summed E-state index contributed by atoms with van der Waals surface area (Å²) in [5, 5.41) is 7.21. The number of esters is 1. The standard InChI is InChI=1S/C25H21Cl2N3O5/c1-3-34-22-12-16(5-11-21(22)35-25(33)17-6-8-18(26)9-7-17)14-28-30-24(32)23(31)29-19-10-4-15(2)20(27)13-19/h4-14H,3H2,1-2H3,(H,29,31)(H,30,32). The largest absolute Gasteiger partial charge is 0.490 e. The summed E-state index contributed by atoms with van der Waals surface area (Å²) in [6.45, 7) is 3.93. The van der Waals surface area contributed by atoms with Crippen molar-refractivity contribution in [1.82, 2.24) is 5.43 Å². The Bertz CT molecular complexity index is 1280. The van der Waals surface area contributed by atoms with Gasteiger partial charge in [-0.25, -0.2) is 10.2 Å². The maximum atomic E-state index is 12.4. The third-order valence-electron chi connectivity index (χ3n) is 4.57. The van der Waals surface area contributed by atoms with Gasteiger partial charge in [-0.15, -0.1) is 0 Å². The summed E-state index contributed by atoms with van der Waals surface area (Å²) >= 11 is 11.9. The first-order valence-electron chi connectivity index (χ1n) is 10.4. The number of amides is 2. The van der Waals surface area contributed by atoms with Gasteiger partial charge in [0, 0.05) is 15.7 Å². The number of ether oxygens (including phenoxy) is 2. The van der Waals surface area contributed by atoms with Crippen LogP contribution in [0.5, 0.6) is 11.5 Å². The van der Waals surface area contributed by atoms with Gasteiger partial charge in [-0.3, -0.25) is 9.59 Å². The molecule has 0 fully saturated rings. The van der Waals surface area contributed by atoms with Crippen molar-refractivity contribution in [3.8, 4) is 11.5 Å². The first-order chi connectivity index (χ1) is 16.8. The number of anilines is 1. The Morgan fingerprint density at radius 1 is 0.943 bits per heavy atom. The molecule has 0 aliphatic heterocycles. The van der Waals surface area contributed by atoms with Gasteiger partial charge in [-0.1, -0.05) is 29.3 Å². The molecule has 0 saturated heterocycles. The van der Waals surface area contributed by atoms with E-state index in [1.807, 2.05) is 6.92 Å². The molecule has 35 heavy (non-hydrogen) atoms. The molecule has 0 unspecified atom stereocenters. The molecule has 0 aliphatic rings. The van der Waals surface area contributed by atoms with Crippen molar-refractivity contribution in [2.75, 3.05) is 11.9 Å². The van der Waals surface area contributed by atoms with Crippen LogP contribution in [0.3, 0.4) is 0 Å². The summed E-state index contributed by atoms with van der Waals surface area (Å²) in [7, 11) is 0. The Morgan fingerprint density at radius 3 is 2.37 bits per heavy atom. The van der Waals surface area contributed by atoms with E-state index in [0.29, 0.717) is 39.2 Å². The van der Waals surface area contributed by atoms with Gasteiger partial charge in [-0.2, -0.15) is 5.10 Å². The summed E-state index contributed by atoms with van der Waals surface area (Å²) in [6, 6.07) is 15.9. The molecule has 8 nitrogen and oxygen atoms in total. The molecule has 0 atom stereocenters. The number of benzene rings is 3. The number of carbonyl (C=O) groups excluding carboxylic acids is 3. The van der Waals surface area contributed by atoms with Gasteiger partial charge < -0.3 is 14.8 Å². The second-order valence-electron chi connectivity index (χ2n) is 7.15. The summed E-state index contributed by atoms with van der Waals surface area (Å²) < 4.78 is 11.0. The third-order valence-corrected chi connectivity index (χ3v) is 5.23. The number of halogens is 2. The Labute approximate surface area is 211 Å². The fourth-order valence-corrected chi connectivity index (χ4v) is 3.08. The van der Waals surface area contributed by atoms with Crippen molar-refractivity contribution < 1.29 is 23.9 Å². The molecular formula is C25H21Cl2N3O5. The molecule has 0 aliphatic carbocycles. The number of nitrogens with zero attached hydrogens (tertiary/aromatic N) is 1.